The Hall–Kier alpha value is -3.04. The number of aromatic nitrogens is 3. The maximum Gasteiger partial charge on any atom is 0.291 e. The zero-order chi connectivity index (χ0) is 22.4. The number of carbonyl (C=O) groups excluding carboxylic acids is 1. The van der Waals surface area contributed by atoms with E-state index in [0.717, 1.165) is 28.6 Å². The van der Waals surface area contributed by atoms with Gasteiger partial charge >= 0.3 is 0 Å². The number of rotatable bonds is 5. The minimum Gasteiger partial charge on any atom is -0.496 e. The molecule has 5 rings (SSSR count). The first-order valence-corrected chi connectivity index (χ1v) is 11.8. The van der Waals surface area contributed by atoms with Crippen molar-refractivity contribution in [2.75, 3.05) is 18.6 Å². The summed E-state index contributed by atoms with van der Waals surface area (Å²) in [7, 11) is 1.58. The minimum atomic E-state index is -0.342. The van der Waals surface area contributed by atoms with Crippen LogP contribution in [0.4, 0.5) is 5.69 Å². The molecule has 162 valence electrons. The number of anilines is 1. The van der Waals surface area contributed by atoms with Gasteiger partial charge in [0.2, 0.25) is 4.96 Å². The summed E-state index contributed by atoms with van der Waals surface area (Å²) in [5, 5.41) is 4.43. The molecule has 1 aliphatic rings. The van der Waals surface area contributed by atoms with E-state index >= 15 is 0 Å². The molecule has 1 aliphatic heterocycles. The van der Waals surface area contributed by atoms with Crippen molar-refractivity contribution in [2.45, 2.75) is 19.8 Å². The summed E-state index contributed by atoms with van der Waals surface area (Å²) in [4.78, 5) is 33.4. The zero-order valence-electron chi connectivity index (χ0n) is 17.5. The molecule has 0 fully saturated rings. The first kappa shape index (κ1) is 20.8. The molecule has 0 saturated heterocycles. The average molecular weight is 511 g/mol. The van der Waals surface area contributed by atoms with Gasteiger partial charge in [-0.2, -0.15) is 9.50 Å². The van der Waals surface area contributed by atoms with Gasteiger partial charge in [0.1, 0.15) is 10.3 Å². The van der Waals surface area contributed by atoms with Gasteiger partial charge in [-0.1, -0.05) is 52.7 Å². The van der Waals surface area contributed by atoms with Crippen LogP contribution in [0.3, 0.4) is 0 Å². The first-order valence-electron chi connectivity index (χ1n) is 10.2. The van der Waals surface area contributed by atoms with Gasteiger partial charge in [0.05, 0.1) is 23.9 Å². The molecule has 0 atom stereocenters. The number of benzene rings is 2. The molecule has 0 spiro atoms. The molecule has 0 N–H and O–H groups in total. The van der Waals surface area contributed by atoms with Crippen molar-refractivity contribution in [1.82, 2.24) is 14.6 Å². The summed E-state index contributed by atoms with van der Waals surface area (Å²) < 4.78 is 7.87. The molecule has 7 nitrogen and oxygen atoms in total. The highest BCUT2D eigenvalue weighted by molar-refractivity contribution is 9.10. The molecule has 4 aromatic rings. The van der Waals surface area contributed by atoms with E-state index < -0.39 is 0 Å². The maximum atomic E-state index is 13.4. The smallest absolute Gasteiger partial charge is 0.291 e. The van der Waals surface area contributed by atoms with Crippen LogP contribution in [0, 0.1) is 0 Å². The fraction of sp³-hybridized carbons (Fsp3) is 0.217. The highest BCUT2D eigenvalue weighted by Crippen LogP contribution is 2.37. The second-order valence-corrected chi connectivity index (χ2v) is 9.31. The number of nitrogens with zero attached hydrogens (tertiary/aromatic N) is 4. The van der Waals surface area contributed by atoms with E-state index in [9.17, 15) is 9.59 Å². The molecular formula is C23H19BrN4O3S. The van der Waals surface area contributed by atoms with Crippen LogP contribution in [-0.2, 0) is 4.79 Å². The topological polar surface area (TPSA) is 76.8 Å². The van der Waals surface area contributed by atoms with E-state index in [4.69, 9.17) is 4.74 Å². The predicted molar refractivity (Wildman–Crippen MR) is 128 cm³/mol. The van der Waals surface area contributed by atoms with Crippen molar-refractivity contribution in [3.8, 4) is 17.1 Å². The third-order valence-electron chi connectivity index (χ3n) is 5.45. The average Bonchev–Trinajstić information content (AvgIpc) is 3.42. The number of ether oxygens (including phenoxy) is 1. The lowest BCUT2D eigenvalue weighted by Crippen LogP contribution is -2.33. The van der Waals surface area contributed by atoms with Crippen LogP contribution in [0.2, 0.25) is 0 Å². The molecule has 2 aromatic carbocycles. The van der Waals surface area contributed by atoms with Crippen LogP contribution in [0.15, 0.2) is 51.7 Å². The van der Waals surface area contributed by atoms with Gasteiger partial charge in [-0.15, -0.1) is 5.10 Å². The lowest BCUT2D eigenvalue weighted by Gasteiger charge is -2.16. The number of carbonyl (C=O) groups is 1. The molecular weight excluding hydrogens is 492 g/mol. The Bertz CT molecular complexity index is 1480. The van der Waals surface area contributed by atoms with E-state index in [2.05, 4.69) is 32.9 Å². The summed E-state index contributed by atoms with van der Waals surface area (Å²) in [6, 6.07) is 13.1. The van der Waals surface area contributed by atoms with Crippen LogP contribution < -0.4 is 19.7 Å². The van der Waals surface area contributed by atoms with Crippen molar-refractivity contribution in [3.05, 3.63) is 67.4 Å². The van der Waals surface area contributed by atoms with Gasteiger partial charge < -0.3 is 9.64 Å². The molecule has 0 bridgehead atoms. The van der Waals surface area contributed by atoms with Crippen LogP contribution in [0.1, 0.15) is 25.3 Å². The Morgan fingerprint density at radius 2 is 1.94 bits per heavy atom. The summed E-state index contributed by atoms with van der Waals surface area (Å²) >= 11 is 4.68. The van der Waals surface area contributed by atoms with E-state index in [1.54, 1.807) is 12.0 Å². The summed E-state index contributed by atoms with van der Waals surface area (Å²) in [6.07, 6.45) is 1.86. The SMILES string of the molecule is CCCCN1C(=O)C(=c2sc3nc(-c4ccccc4OC)nn3c2=O)c2cc(Br)ccc21. The second-order valence-electron chi connectivity index (χ2n) is 7.41. The van der Waals surface area contributed by atoms with E-state index in [0.29, 0.717) is 38.7 Å². The van der Waals surface area contributed by atoms with Crippen LogP contribution in [-0.4, -0.2) is 34.2 Å². The molecule has 32 heavy (non-hydrogen) atoms. The van der Waals surface area contributed by atoms with E-state index in [1.165, 1.54) is 15.9 Å². The van der Waals surface area contributed by atoms with Crippen molar-refractivity contribution >= 4 is 49.4 Å². The highest BCUT2D eigenvalue weighted by atomic mass is 79.9. The normalized spacial score (nSPS) is 15.0. The van der Waals surface area contributed by atoms with E-state index in [1.807, 2.05) is 42.5 Å². The Morgan fingerprint density at radius 3 is 2.69 bits per heavy atom. The number of thiazole rings is 1. The van der Waals surface area contributed by atoms with Gasteiger partial charge in [-0.3, -0.25) is 9.59 Å². The molecule has 1 amide bonds. The molecule has 2 aromatic heterocycles. The van der Waals surface area contributed by atoms with Crippen molar-refractivity contribution in [2.24, 2.45) is 0 Å². The van der Waals surface area contributed by atoms with Crippen molar-refractivity contribution < 1.29 is 9.53 Å². The van der Waals surface area contributed by atoms with Gasteiger partial charge in [-0.05, 0) is 36.8 Å². The summed E-state index contributed by atoms with van der Waals surface area (Å²) in [6.45, 7) is 2.70. The Morgan fingerprint density at radius 1 is 1.12 bits per heavy atom. The standard InChI is InChI=1S/C23H19BrN4O3S/c1-3-4-11-27-16-10-9-13(24)12-15(16)18(21(27)29)19-22(30)28-23(32-19)25-20(26-28)14-7-5-6-8-17(14)31-2/h5-10,12H,3-4,11H2,1-2H3. The molecule has 3 heterocycles. The van der Waals surface area contributed by atoms with E-state index in [-0.39, 0.29) is 11.5 Å². The van der Waals surface area contributed by atoms with Crippen LogP contribution >= 0.6 is 27.3 Å². The molecule has 0 radical (unpaired) electrons. The fourth-order valence-corrected chi connectivity index (χ4v) is 5.25. The van der Waals surface area contributed by atoms with Crippen molar-refractivity contribution in [1.29, 1.82) is 0 Å². The van der Waals surface area contributed by atoms with Crippen LogP contribution in [0.5, 0.6) is 5.75 Å². The van der Waals surface area contributed by atoms with Crippen LogP contribution in [0.25, 0.3) is 21.9 Å². The Kier molecular flexibility index (Phi) is 5.30. The predicted octanol–water partition coefficient (Wildman–Crippen LogP) is 3.65. The number of para-hydroxylation sites is 1. The maximum absolute atomic E-state index is 13.4. The Balaban J connectivity index is 1.71. The number of fused-ring (bicyclic) bond motifs is 2. The third-order valence-corrected chi connectivity index (χ3v) is 6.97. The minimum absolute atomic E-state index is 0.155. The lowest BCUT2D eigenvalue weighted by molar-refractivity contribution is -0.113. The van der Waals surface area contributed by atoms with Gasteiger partial charge in [-0.25, -0.2) is 0 Å². The Labute approximate surface area is 196 Å². The molecule has 0 aliphatic carbocycles. The number of hydrogen-bond donors (Lipinski definition) is 0. The zero-order valence-corrected chi connectivity index (χ0v) is 19.9. The molecule has 0 unspecified atom stereocenters. The lowest BCUT2D eigenvalue weighted by atomic mass is 10.1. The number of methoxy groups -OCH3 is 1. The summed E-state index contributed by atoms with van der Waals surface area (Å²) in [5.74, 6) is 0.884. The monoisotopic (exact) mass is 510 g/mol. The number of hydrogen-bond acceptors (Lipinski definition) is 6. The molecule has 0 saturated carbocycles. The summed E-state index contributed by atoms with van der Waals surface area (Å²) in [5.41, 5.74) is 2.36. The van der Waals surface area contributed by atoms with Gasteiger partial charge in [0, 0.05) is 16.6 Å². The van der Waals surface area contributed by atoms with Crippen molar-refractivity contribution in [3.63, 3.8) is 0 Å². The number of unbranched alkanes of at least 4 members (excludes halogenated alkanes) is 1. The third kappa shape index (κ3) is 3.23. The quantitative estimate of drug-likeness (QED) is 0.409. The number of amides is 1. The highest BCUT2D eigenvalue weighted by Gasteiger charge is 2.34. The largest absolute Gasteiger partial charge is 0.496 e. The molecule has 9 heteroatoms. The first-order chi connectivity index (χ1) is 15.5. The van der Waals surface area contributed by atoms with Gasteiger partial charge in [0.25, 0.3) is 11.5 Å². The second kappa shape index (κ2) is 8.14. The fourth-order valence-electron chi connectivity index (χ4n) is 3.89. The number of halogens is 1. The van der Waals surface area contributed by atoms with Gasteiger partial charge in [0.15, 0.2) is 5.82 Å².